The van der Waals surface area contributed by atoms with Gasteiger partial charge in [0.25, 0.3) is 10.0 Å². The first-order valence-corrected chi connectivity index (χ1v) is 7.63. The van der Waals surface area contributed by atoms with Crippen molar-refractivity contribution >= 4 is 10.0 Å². The van der Waals surface area contributed by atoms with Crippen molar-refractivity contribution in [3.8, 4) is 0 Å². The molecular formula is C12H21NO4S. The molecule has 0 spiro atoms. The highest BCUT2D eigenvalue weighted by Gasteiger charge is 2.17. The van der Waals surface area contributed by atoms with Crippen molar-refractivity contribution in [2.45, 2.75) is 44.8 Å². The minimum Gasteiger partial charge on any atom is -0.446 e. The van der Waals surface area contributed by atoms with Crippen LogP contribution in [-0.4, -0.2) is 20.1 Å². The molecule has 0 fully saturated rings. The van der Waals surface area contributed by atoms with Gasteiger partial charge in [-0.2, -0.15) is 0 Å². The molecule has 5 nitrogen and oxygen atoms in total. The number of unbranched alkanes of at least 4 members (excludes halogenated alkanes) is 1. The second-order valence-electron chi connectivity index (χ2n) is 4.67. The molecule has 0 aromatic carbocycles. The fourth-order valence-corrected chi connectivity index (χ4v) is 2.56. The summed E-state index contributed by atoms with van der Waals surface area (Å²) in [5.74, 6) is 0.883. The van der Waals surface area contributed by atoms with E-state index >= 15 is 0 Å². The first-order chi connectivity index (χ1) is 8.45. The number of furan rings is 1. The number of sulfonamides is 1. The van der Waals surface area contributed by atoms with E-state index < -0.39 is 10.0 Å². The molecule has 0 amide bonds. The molecule has 2 N–H and O–H groups in total. The van der Waals surface area contributed by atoms with Gasteiger partial charge in [0, 0.05) is 6.54 Å². The smallest absolute Gasteiger partial charge is 0.273 e. The van der Waals surface area contributed by atoms with E-state index in [-0.39, 0.29) is 17.5 Å². The molecule has 104 valence electrons. The lowest BCUT2D eigenvalue weighted by molar-refractivity contribution is 0.236. The molecule has 0 bridgehead atoms. The Bertz CT molecular complexity index is 450. The molecule has 0 atom stereocenters. The summed E-state index contributed by atoms with van der Waals surface area (Å²) < 4.78 is 31.0. The van der Waals surface area contributed by atoms with Crippen LogP contribution in [0.2, 0.25) is 0 Å². The van der Waals surface area contributed by atoms with E-state index in [0.29, 0.717) is 12.5 Å². The molecule has 6 heteroatoms. The van der Waals surface area contributed by atoms with Crippen molar-refractivity contribution in [1.82, 2.24) is 4.72 Å². The van der Waals surface area contributed by atoms with Crippen molar-refractivity contribution in [1.29, 1.82) is 0 Å². The summed E-state index contributed by atoms with van der Waals surface area (Å²) in [4.78, 5) is 0. The fourth-order valence-electron chi connectivity index (χ4n) is 1.54. The molecule has 1 aromatic heterocycles. The predicted molar refractivity (Wildman–Crippen MR) is 68.5 cm³/mol. The Morgan fingerprint density at radius 1 is 1.33 bits per heavy atom. The van der Waals surface area contributed by atoms with Gasteiger partial charge in [0.05, 0.1) is 0 Å². The van der Waals surface area contributed by atoms with Crippen LogP contribution in [-0.2, 0) is 16.6 Å². The number of aliphatic hydroxyl groups excluding tert-OH is 1. The minimum absolute atomic E-state index is 0.143. The lowest BCUT2D eigenvalue weighted by Crippen LogP contribution is -2.24. The van der Waals surface area contributed by atoms with Gasteiger partial charge in [-0.05, 0) is 24.5 Å². The van der Waals surface area contributed by atoms with Crippen LogP contribution in [0.3, 0.4) is 0 Å². The second kappa shape index (κ2) is 6.92. The molecule has 0 unspecified atom stereocenters. The molecule has 1 heterocycles. The summed E-state index contributed by atoms with van der Waals surface area (Å²) in [7, 11) is -3.58. The van der Waals surface area contributed by atoms with E-state index in [2.05, 4.69) is 18.6 Å². The summed E-state index contributed by atoms with van der Waals surface area (Å²) >= 11 is 0. The van der Waals surface area contributed by atoms with Crippen LogP contribution >= 0.6 is 0 Å². The zero-order chi connectivity index (χ0) is 13.6. The highest BCUT2D eigenvalue weighted by molar-refractivity contribution is 7.89. The molecule has 1 rings (SSSR count). The van der Waals surface area contributed by atoms with Gasteiger partial charge in [-0.3, -0.25) is 0 Å². The normalized spacial score (nSPS) is 12.2. The lowest BCUT2D eigenvalue weighted by atomic mass is 10.1. The summed E-state index contributed by atoms with van der Waals surface area (Å²) in [6.07, 6.45) is 2.91. The Balaban J connectivity index is 2.40. The van der Waals surface area contributed by atoms with Gasteiger partial charge < -0.3 is 9.52 Å². The van der Waals surface area contributed by atoms with Gasteiger partial charge >= 0.3 is 0 Å². The van der Waals surface area contributed by atoms with E-state index in [1.807, 2.05) is 0 Å². The first kappa shape index (κ1) is 15.2. The third-order valence-electron chi connectivity index (χ3n) is 2.56. The molecule has 0 radical (unpaired) electrons. The van der Waals surface area contributed by atoms with Gasteiger partial charge in [-0.15, -0.1) is 0 Å². The fraction of sp³-hybridized carbons (Fsp3) is 0.667. The van der Waals surface area contributed by atoms with Gasteiger partial charge in [-0.25, -0.2) is 13.1 Å². The van der Waals surface area contributed by atoms with E-state index in [4.69, 9.17) is 9.52 Å². The quantitative estimate of drug-likeness (QED) is 0.710. The van der Waals surface area contributed by atoms with Crippen molar-refractivity contribution in [3.63, 3.8) is 0 Å². The Hall–Kier alpha value is -0.850. The second-order valence-corrected chi connectivity index (χ2v) is 6.36. The molecule has 0 aliphatic heterocycles. The first-order valence-electron chi connectivity index (χ1n) is 6.15. The van der Waals surface area contributed by atoms with E-state index in [9.17, 15) is 8.42 Å². The van der Waals surface area contributed by atoms with Crippen LogP contribution in [0, 0.1) is 5.92 Å². The molecule has 0 aliphatic rings. The summed E-state index contributed by atoms with van der Waals surface area (Å²) in [5, 5.41) is 8.66. The standard InChI is InChI=1S/C12H21NO4S/c1-10(2)5-3-4-8-13-18(15,16)12-7-6-11(9-14)17-12/h6-7,10,13-14H,3-5,8-9H2,1-2H3. The topological polar surface area (TPSA) is 79.5 Å². The number of nitrogens with one attached hydrogen (secondary N) is 1. The Labute approximate surface area is 108 Å². The Kier molecular flexibility index (Phi) is 5.84. The van der Waals surface area contributed by atoms with E-state index in [1.165, 1.54) is 12.1 Å². The van der Waals surface area contributed by atoms with Crippen molar-refractivity contribution in [2.75, 3.05) is 6.54 Å². The highest BCUT2D eigenvalue weighted by atomic mass is 32.2. The van der Waals surface area contributed by atoms with E-state index in [1.54, 1.807) is 0 Å². The van der Waals surface area contributed by atoms with Crippen molar-refractivity contribution in [2.24, 2.45) is 5.92 Å². The van der Waals surface area contributed by atoms with Crippen LogP contribution in [0.25, 0.3) is 0 Å². The van der Waals surface area contributed by atoms with Gasteiger partial charge in [0.15, 0.2) is 0 Å². The third-order valence-corrected chi connectivity index (χ3v) is 3.89. The number of rotatable bonds is 8. The molecule has 18 heavy (non-hydrogen) atoms. The molecule has 0 saturated carbocycles. The maximum atomic E-state index is 11.8. The summed E-state index contributed by atoms with van der Waals surface area (Å²) in [6, 6.07) is 2.80. The van der Waals surface area contributed by atoms with Crippen LogP contribution in [0.1, 0.15) is 38.9 Å². The van der Waals surface area contributed by atoms with Gasteiger partial charge in [0.2, 0.25) is 5.09 Å². The SMILES string of the molecule is CC(C)CCCCNS(=O)(=O)c1ccc(CO)o1. The number of hydrogen-bond acceptors (Lipinski definition) is 4. The molecule has 0 aliphatic carbocycles. The van der Waals surface area contributed by atoms with Crippen LogP contribution < -0.4 is 4.72 Å². The van der Waals surface area contributed by atoms with E-state index in [0.717, 1.165) is 19.3 Å². The minimum atomic E-state index is -3.58. The average molecular weight is 275 g/mol. The summed E-state index contributed by atoms with van der Waals surface area (Å²) in [6.45, 7) is 4.39. The monoisotopic (exact) mass is 275 g/mol. The number of hydrogen-bond donors (Lipinski definition) is 2. The zero-order valence-corrected chi connectivity index (χ0v) is 11.7. The van der Waals surface area contributed by atoms with Crippen LogP contribution in [0.4, 0.5) is 0 Å². The van der Waals surface area contributed by atoms with Crippen LogP contribution in [0.5, 0.6) is 0 Å². The lowest BCUT2D eigenvalue weighted by Gasteiger charge is -2.05. The Morgan fingerprint density at radius 2 is 2.06 bits per heavy atom. The maximum Gasteiger partial charge on any atom is 0.273 e. The molecule has 1 aromatic rings. The third kappa shape index (κ3) is 4.80. The van der Waals surface area contributed by atoms with Crippen molar-refractivity contribution < 1.29 is 17.9 Å². The van der Waals surface area contributed by atoms with Crippen molar-refractivity contribution in [3.05, 3.63) is 17.9 Å². The van der Waals surface area contributed by atoms with Crippen LogP contribution in [0.15, 0.2) is 21.6 Å². The average Bonchev–Trinajstić information content (AvgIpc) is 2.77. The van der Waals surface area contributed by atoms with Gasteiger partial charge in [-0.1, -0.05) is 26.7 Å². The Morgan fingerprint density at radius 3 is 2.61 bits per heavy atom. The predicted octanol–water partition coefficient (Wildman–Crippen LogP) is 1.88. The zero-order valence-electron chi connectivity index (χ0n) is 10.8. The summed E-state index contributed by atoms with van der Waals surface area (Å²) in [5.41, 5.74) is 0. The largest absolute Gasteiger partial charge is 0.446 e. The molecular weight excluding hydrogens is 254 g/mol. The van der Waals surface area contributed by atoms with Gasteiger partial charge in [0.1, 0.15) is 12.4 Å². The number of aliphatic hydroxyl groups is 1. The molecule has 0 saturated heterocycles. The highest BCUT2D eigenvalue weighted by Crippen LogP contribution is 2.13. The maximum absolute atomic E-state index is 11.8.